The molecule has 0 unspecified atom stereocenters. The third kappa shape index (κ3) is 3.94. The van der Waals surface area contributed by atoms with Crippen LogP contribution in [0, 0.1) is 0 Å². The summed E-state index contributed by atoms with van der Waals surface area (Å²) >= 11 is 6.11. The van der Waals surface area contributed by atoms with Gasteiger partial charge in [0.25, 0.3) is 0 Å². The fraction of sp³-hybridized carbons (Fsp3) is 0.111. The van der Waals surface area contributed by atoms with Gasteiger partial charge in [-0.2, -0.15) is 0 Å². The molecule has 6 heteroatoms. The summed E-state index contributed by atoms with van der Waals surface area (Å²) in [5.41, 5.74) is 1.40. The second-order valence-corrected chi connectivity index (χ2v) is 5.36. The van der Waals surface area contributed by atoms with E-state index in [0.717, 1.165) is 11.4 Å². The Morgan fingerprint density at radius 3 is 2.83 bits per heavy atom. The molecule has 24 heavy (non-hydrogen) atoms. The lowest BCUT2D eigenvalue weighted by Crippen LogP contribution is -2.26. The molecular weight excluding hydrogens is 326 g/mol. The zero-order chi connectivity index (χ0) is 16.8. The number of carbonyl (C=O) groups excluding carboxylic acids is 1. The molecule has 2 heterocycles. The molecule has 3 aromatic rings. The molecule has 0 fully saturated rings. The number of nitrogens with one attached hydrogen (secondary N) is 1. The zero-order valence-electron chi connectivity index (χ0n) is 12.9. The Labute approximate surface area is 144 Å². The molecule has 3 rings (SSSR count). The first-order valence-electron chi connectivity index (χ1n) is 7.50. The van der Waals surface area contributed by atoms with Crippen molar-refractivity contribution in [2.45, 2.75) is 0 Å². The molecule has 0 radical (unpaired) electrons. The van der Waals surface area contributed by atoms with E-state index in [0.29, 0.717) is 24.0 Å². The summed E-state index contributed by atoms with van der Waals surface area (Å²) in [7, 11) is 0. The maximum atomic E-state index is 11.9. The molecule has 0 saturated carbocycles. The van der Waals surface area contributed by atoms with Crippen LogP contribution in [-0.4, -0.2) is 28.4 Å². The van der Waals surface area contributed by atoms with Gasteiger partial charge in [0.15, 0.2) is 5.15 Å². The maximum absolute atomic E-state index is 11.9. The number of hydrogen-bond acceptors (Lipinski definition) is 3. The van der Waals surface area contributed by atoms with E-state index >= 15 is 0 Å². The van der Waals surface area contributed by atoms with Gasteiger partial charge in [-0.15, -0.1) is 0 Å². The summed E-state index contributed by atoms with van der Waals surface area (Å²) in [6.45, 7) is 0.818. The molecular formula is C18H16ClN3O2. The van der Waals surface area contributed by atoms with Crippen LogP contribution >= 0.6 is 11.6 Å². The van der Waals surface area contributed by atoms with Crippen molar-refractivity contribution in [1.82, 2.24) is 14.7 Å². The van der Waals surface area contributed by atoms with Crippen molar-refractivity contribution in [3.05, 3.63) is 71.7 Å². The van der Waals surface area contributed by atoms with Gasteiger partial charge >= 0.3 is 0 Å². The molecule has 0 bridgehead atoms. The van der Waals surface area contributed by atoms with Crippen LogP contribution in [0.15, 0.2) is 60.8 Å². The van der Waals surface area contributed by atoms with Gasteiger partial charge in [0, 0.05) is 12.3 Å². The van der Waals surface area contributed by atoms with Gasteiger partial charge in [0.05, 0.1) is 12.2 Å². The molecule has 1 amide bonds. The second kappa shape index (κ2) is 7.66. The quantitative estimate of drug-likeness (QED) is 0.553. The van der Waals surface area contributed by atoms with Crippen LogP contribution in [0.4, 0.5) is 0 Å². The normalized spacial score (nSPS) is 11.0. The number of halogens is 1. The van der Waals surface area contributed by atoms with Crippen LogP contribution < -0.4 is 10.1 Å². The molecule has 0 aliphatic carbocycles. The Hall–Kier alpha value is -2.79. The van der Waals surface area contributed by atoms with E-state index in [1.54, 1.807) is 6.08 Å². The van der Waals surface area contributed by atoms with Crippen LogP contribution in [0.1, 0.15) is 5.69 Å². The Balaban J connectivity index is 1.52. The van der Waals surface area contributed by atoms with Gasteiger partial charge in [-0.25, -0.2) is 4.98 Å². The number of ether oxygens (including phenoxy) is 1. The highest BCUT2D eigenvalue weighted by atomic mass is 35.5. The third-order valence-electron chi connectivity index (χ3n) is 3.33. The molecule has 122 valence electrons. The van der Waals surface area contributed by atoms with Crippen molar-refractivity contribution >= 4 is 29.2 Å². The highest BCUT2D eigenvalue weighted by molar-refractivity contribution is 6.31. The van der Waals surface area contributed by atoms with E-state index in [-0.39, 0.29) is 5.91 Å². The van der Waals surface area contributed by atoms with Crippen LogP contribution in [0.25, 0.3) is 11.7 Å². The van der Waals surface area contributed by atoms with Crippen molar-refractivity contribution in [2.75, 3.05) is 13.2 Å². The average molecular weight is 342 g/mol. The minimum Gasteiger partial charge on any atom is -0.492 e. The van der Waals surface area contributed by atoms with E-state index in [4.69, 9.17) is 16.3 Å². The third-order valence-corrected chi connectivity index (χ3v) is 3.61. The number of pyridine rings is 1. The molecule has 1 aromatic carbocycles. The van der Waals surface area contributed by atoms with Crippen molar-refractivity contribution in [3.8, 4) is 5.75 Å². The summed E-state index contributed by atoms with van der Waals surface area (Å²) < 4.78 is 7.33. The smallest absolute Gasteiger partial charge is 0.244 e. The van der Waals surface area contributed by atoms with E-state index in [1.165, 1.54) is 6.08 Å². The Morgan fingerprint density at radius 2 is 2.00 bits per heavy atom. The summed E-state index contributed by atoms with van der Waals surface area (Å²) in [5, 5.41) is 3.12. The van der Waals surface area contributed by atoms with Gasteiger partial charge in [-0.05, 0) is 30.3 Å². The monoisotopic (exact) mass is 341 g/mol. The molecule has 2 aromatic heterocycles. The maximum Gasteiger partial charge on any atom is 0.244 e. The first kappa shape index (κ1) is 16.1. The van der Waals surface area contributed by atoms with E-state index in [1.807, 2.05) is 59.1 Å². The van der Waals surface area contributed by atoms with Gasteiger partial charge in [0.2, 0.25) is 5.91 Å². The molecule has 1 N–H and O–H groups in total. The van der Waals surface area contributed by atoms with Crippen molar-refractivity contribution in [2.24, 2.45) is 0 Å². The van der Waals surface area contributed by atoms with Crippen LogP contribution in [0.5, 0.6) is 5.75 Å². The van der Waals surface area contributed by atoms with Crippen LogP contribution in [-0.2, 0) is 4.79 Å². The number of benzene rings is 1. The number of rotatable bonds is 6. The highest BCUT2D eigenvalue weighted by Crippen LogP contribution is 2.18. The first-order chi connectivity index (χ1) is 11.7. The average Bonchev–Trinajstić information content (AvgIpc) is 2.93. The summed E-state index contributed by atoms with van der Waals surface area (Å²) in [6, 6.07) is 15.1. The topological polar surface area (TPSA) is 55.6 Å². The summed E-state index contributed by atoms with van der Waals surface area (Å²) in [5.74, 6) is 0.563. The van der Waals surface area contributed by atoms with Gasteiger partial charge in [-0.1, -0.05) is 35.9 Å². The largest absolute Gasteiger partial charge is 0.492 e. The minimum absolute atomic E-state index is 0.214. The molecule has 0 aliphatic heterocycles. The van der Waals surface area contributed by atoms with E-state index in [9.17, 15) is 4.79 Å². The van der Waals surface area contributed by atoms with Crippen LogP contribution in [0.2, 0.25) is 5.15 Å². The number of amides is 1. The zero-order valence-corrected chi connectivity index (χ0v) is 13.6. The predicted molar refractivity (Wildman–Crippen MR) is 94.2 cm³/mol. The number of carbonyl (C=O) groups is 1. The molecule has 0 aliphatic rings. The van der Waals surface area contributed by atoms with Crippen molar-refractivity contribution < 1.29 is 9.53 Å². The molecule has 0 spiro atoms. The molecule has 5 nitrogen and oxygen atoms in total. The fourth-order valence-electron chi connectivity index (χ4n) is 2.21. The Bertz CT molecular complexity index is 859. The van der Waals surface area contributed by atoms with E-state index < -0.39 is 0 Å². The summed E-state index contributed by atoms with van der Waals surface area (Å²) in [6.07, 6.45) is 4.93. The first-order valence-corrected chi connectivity index (χ1v) is 7.88. The van der Waals surface area contributed by atoms with Gasteiger partial charge < -0.3 is 10.1 Å². The Morgan fingerprint density at radius 1 is 1.21 bits per heavy atom. The second-order valence-electron chi connectivity index (χ2n) is 5.00. The number of hydrogen-bond donors (Lipinski definition) is 1. The number of nitrogens with zero attached hydrogens (tertiary/aromatic N) is 2. The van der Waals surface area contributed by atoms with Crippen LogP contribution in [0.3, 0.4) is 0 Å². The standard InChI is InChI=1S/C18H16ClN3O2/c19-18-15(22-12-5-4-8-16(22)21-18)9-10-17(23)20-11-13-24-14-6-2-1-3-7-14/h1-10,12H,11,13H2,(H,20,23)/b10-9+. The van der Waals surface area contributed by atoms with Crippen molar-refractivity contribution in [3.63, 3.8) is 0 Å². The molecule has 0 atom stereocenters. The van der Waals surface area contributed by atoms with Gasteiger partial charge in [-0.3, -0.25) is 9.20 Å². The number of imidazole rings is 1. The SMILES string of the molecule is O=C(/C=C/c1c(Cl)nc2ccccn12)NCCOc1ccccc1. The molecule has 0 saturated heterocycles. The Kier molecular flexibility index (Phi) is 5.13. The fourth-order valence-corrected chi connectivity index (χ4v) is 2.45. The van der Waals surface area contributed by atoms with Crippen molar-refractivity contribution in [1.29, 1.82) is 0 Å². The minimum atomic E-state index is -0.214. The van der Waals surface area contributed by atoms with E-state index in [2.05, 4.69) is 10.3 Å². The number of fused-ring (bicyclic) bond motifs is 1. The lowest BCUT2D eigenvalue weighted by Gasteiger charge is -2.06. The lowest BCUT2D eigenvalue weighted by molar-refractivity contribution is -0.116. The lowest BCUT2D eigenvalue weighted by atomic mass is 10.3. The highest BCUT2D eigenvalue weighted by Gasteiger charge is 2.07. The number of aromatic nitrogens is 2. The summed E-state index contributed by atoms with van der Waals surface area (Å²) in [4.78, 5) is 16.1. The predicted octanol–water partition coefficient (Wildman–Crippen LogP) is 3.20. The number of para-hydroxylation sites is 1. The van der Waals surface area contributed by atoms with Gasteiger partial charge in [0.1, 0.15) is 18.0 Å².